The highest BCUT2D eigenvalue weighted by Gasteiger charge is 2.16. The molecular weight excluding hydrogens is 204 g/mol. The Morgan fingerprint density at radius 1 is 1.36 bits per heavy atom. The molecule has 0 aliphatic heterocycles. The summed E-state index contributed by atoms with van der Waals surface area (Å²) in [5, 5.41) is 3.03. The van der Waals surface area contributed by atoms with Gasteiger partial charge in [-0.3, -0.25) is 9.52 Å². The van der Waals surface area contributed by atoms with Gasteiger partial charge in [0, 0.05) is 6.04 Å². The third-order valence-electron chi connectivity index (χ3n) is 2.21. The van der Waals surface area contributed by atoms with E-state index >= 15 is 0 Å². The summed E-state index contributed by atoms with van der Waals surface area (Å²) in [7, 11) is -3.41. The quantitative estimate of drug-likeness (QED) is 0.675. The van der Waals surface area contributed by atoms with Crippen molar-refractivity contribution in [2.45, 2.75) is 31.7 Å². The highest BCUT2D eigenvalue weighted by atomic mass is 32.2. The van der Waals surface area contributed by atoms with Gasteiger partial charge < -0.3 is 5.32 Å². The van der Waals surface area contributed by atoms with Crippen LogP contribution in [-0.2, 0) is 14.8 Å². The molecule has 0 aromatic heterocycles. The van der Waals surface area contributed by atoms with Crippen molar-refractivity contribution in [1.82, 2.24) is 10.0 Å². The monoisotopic (exact) mass is 220 g/mol. The third-order valence-corrected chi connectivity index (χ3v) is 2.80. The number of nitrogens with one attached hydrogen (secondary N) is 2. The Balaban J connectivity index is 2.21. The normalized spacial score (nSPS) is 18.4. The first-order valence-corrected chi connectivity index (χ1v) is 6.60. The van der Waals surface area contributed by atoms with E-state index < -0.39 is 15.9 Å². The predicted octanol–water partition coefficient (Wildman–Crippen LogP) is -0.406. The van der Waals surface area contributed by atoms with Gasteiger partial charge in [0.1, 0.15) is 0 Å². The molecule has 0 aromatic carbocycles. The minimum absolute atomic E-state index is 0.0811. The van der Waals surface area contributed by atoms with E-state index in [0.29, 0.717) is 6.04 Å². The molecule has 0 radical (unpaired) electrons. The van der Waals surface area contributed by atoms with Crippen LogP contribution in [0, 0.1) is 0 Å². The number of rotatable bonds is 4. The minimum Gasteiger partial charge on any atom is -0.306 e. The molecule has 1 fully saturated rings. The molecular formula is C8H16N2O3S. The zero-order chi connectivity index (χ0) is 10.6. The maximum Gasteiger partial charge on any atom is 0.247 e. The van der Waals surface area contributed by atoms with Gasteiger partial charge in [0.05, 0.1) is 12.8 Å². The lowest BCUT2D eigenvalue weighted by Crippen LogP contribution is -2.40. The molecule has 6 heteroatoms. The van der Waals surface area contributed by atoms with Crippen LogP contribution in [0.1, 0.15) is 25.7 Å². The largest absolute Gasteiger partial charge is 0.306 e. The lowest BCUT2D eigenvalue weighted by atomic mass is 10.2. The Morgan fingerprint density at radius 2 is 1.93 bits per heavy atom. The molecule has 0 spiro atoms. The molecule has 14 heavy (non-hydrogen) atoms. The summed E-state index contributed by atoms with van der Waals surface area (Å²) in [5.41, 5.74) is 0. The van der Waals surface area contributed by atoms with Crippen molar-refractivity contribution >= 4 is 15.9 Å². The van der Waals surface area contributed by atoms with Gasteiger partial charge in [-0.25, -0.2) is 8.42 Å². The maximum absolute atomic E-state index is 11.1. The number of carbonyl (C=O) groups is 1. The average molecular weight is 220 g/mol. The van der Waals surface area contributed by atoms with Crippen LogP contribution in [-0.4, -0.2) is 33.2 Å². The first-order chi connectivity index (χ1) is 6.47. The van der Waals surface area contributed by atoms with Crippen molar-refractivity contribution in [3.05, 3.63) is 0 Å². The summed E-state index contributed by atoms with van der Waals surface area (Å²) in [6, 6.07) is 0.375. The molecule has 1 aliphatic rings. The lowest BCUT2D eigenvalue weighted by Gasteiger charge is -2.10. The average Bonchev–Trinajstić information content (AvgIpc) is 2.49. The van der Waals surface area contributed by atoms with Crippen molar-refractivity contribution in [3.63, 3.8) is 0 Å². The van der Waals surface area contributed by atoms with Gasteiger partial charge in [-0.05, 0) is 12.8 Å². The number of hydrogen-bond donors (Lipinski definition) is 2. The van der Waals surface area contributed by atoms with Gasteiger partial charge in [-0.15, -0.1) is 0 Å². The van der Waals surface area contributed by atoms with Crippen molar-refractivity contribution < 1.29 is 13.2 Å². The summed E-state index contributed by atoms with van der Waals surface area (Å²) in [5.74, 6) is -0.487. The smallest absolute Gasteiger partial charge is 0.247 e. The van der Waals surface area contributed by atoms with E-state index in [2.05, 4.69) is 5.32 Å². The molecule has 2 N–H and O–H groups in total. The second kappa shape index (κ2) is 4.75. The van der Waals surface area contributed by atoms with Crippen LogP contribution in [0.15, 0.2) is 0 Å². The maximum atomic E-state index is 11.1. The van der Waals surface area contributed by atoms with E-state index in [4.69, 9.17) is 0 Å². The van der Waals surface area contributed by atoms with Crippen LogP contribution >= 0.6 is 0 Å². The van der Waals surface area contributed by atoms with Crippen LogP contribution in [0.4, 0.5) is 0 Å². The molecule has 5 nitrogen and oxygen atoms in total. The first kappa shape index (κ1) is 11.5. The predicted molar refractivity (Wildman–Crippen MR) is 53.2 cm³/mol. The van der Waals surface area contributed by atoms with E-state index in [1.807, 2.05) is 4.72 Å². The summed E-state index contributed by atoms with van der Waals surface area (Å²) >= 11 is 0. The van der Waals surface area contributed by atoms with Crippen LogP contribution in [0.3, 0.4) is 0 Å². The molecule has 1 rings (SSSR count). The van der Waals surface area contributed by atoms with Gasteiger partial charge in [-0.1, -0.05) is 12.8 Å². The lowest BCUT2D eigenvalue weighted by molar-refractivity contribution is -0.118. The second-order valence-corrected chi connectivity index (χ2v) is 5.41. The van der Waals surface area contributed by atoms with E-state index in [0.717, 1.165) is 19.1 Å². The topological polar surface area (TPSA) is 75.3 Å². The Labute approximate surface area is 84.3 Å². The van der Waals surface area contributed by atoms with E-state index in [9.17, 15) is 13.2 Å². The molecule has 0 atom stereocenters. The number of hydrogen-bond acceptors (Lipinski definition) is 4. The Morgan fingerprint density at radius 3 is 2.43 bits per heavy atom. The van der Waals surface area contributed by atoms with Crippen molar-refractivity contribution in [1.29, 1.82) is 0 Å². The summed E-state index contributed by atoms with van der Waals surface area (Å²) in [6.07, 6.45) is 5.50. The molecule has 1 amide bonds. The van der Waals surface area contributed by atoms with Crippen molar-refractivity contribution in [3.8, 4) is 0 Å². The van der Waals surface area contributed by atoms with Gasteiger partial charge in [0.25, 0.3) is 0 Å². The molecule has 0 heterocycles. The Kier molecular flexibility index (Phi) is 3.88. The zero-order valence-electron chi connectivity index (χ0n) is 8.25. The van der Waals surface area contributed by atoms with Crippen LogP contribution in [0.2, 0.25) is 0 Å². The molecule has 0 aromatic rings. The van der Waals surface area contributed by atoms with Gasteiger partial charge in [0.2, 0.25) is 15.9 Å². The molecule has 0 unspecified atom stereocenters. The van der Waals surface area contributed by atoms with E-state index in [1.54, 1.807) is 0 Å². The third kappa shape index (κ3) is 4.57. The zero-order valence-corrected chi connectivity index (χ0v) is 9.06. The summed E-state index contributed by atoms with van der Waals surface area (Å²) < 4.78 is 23.3. The molecule has 1 aliphatic carbocycles. The fourth-order valence-electron chi connectivity index (χ4n) is 1.61. The minimum atomic E-state index is -3.41. The van der Waals surface area contributed by atoms with Crippen LogP contribution in [0.5, 0.6) is 0 Å². The van der Waals surface area contributed by atoms with Crippen LogP contribution in [0.25, 0.3) is 0 Å². The van der Waals surface area contributed by atoms with Gasteiger partial charge >= 0.3 is 0 Å². The second-order valence-electron chi connectivity index (χ2n) is 3.66. The van der Waals surface area contributed by atoms with Gasteiger partial charge in [0.15, 0.2) is 0 Å². The highest BCUT2D eigenvalue weighted by molar-refractivity contribution is 7.89. The Bertz CT molecular complexity index is 294. The van der Waals surface area contributed by atoms with E-state index in [-0.39, 0.29) is 6.54 Å². The summed E-state index contributed by atoms with van der Waals surface area (Å²) in [6.45, 7) is 0.0811. The number of carbonyl (C=O) groups excluding carboxylic acids is 1. The SMILES string of the molecule is CS(=O)(=O)NC(=O)CNC1CCCC1. The van der Waals surface area contributed by atoms with Crippen molar-refractivity contribution in [2.75, 3.05) is 12.8 Å². The highest BCUT2D eigenvalue weighted by Crippen LogP contribution is 2.17. The van der Waals surface area contributed by atoms with E-state index in [1.165, 1.54) is 12.8 Å². The van der Waals surface area contributed by atoms with Crippen LogP contribution < -0.4 is 10.0 Å². The fraction of sp³-hybridized carbons (Fsp3) is 0.875. The molecule has 1 saturated carbocycles. The Hall–Kier alpha value is -0.620. The summed E-state index contributed by atoms with van der Waals surface area (Å²) in [4.78, 5) is 11.1. The van der Waals surface area contributed by atoms with Gasteiger partial charge in [-0.2, -0.15) is 0 Å². The molecule has 82 valence electrons. The van der Waals surface area contributed by atoms with Crippen molar-refractivity contribution in [2.24, 2.45) is 0 Å². The molecule has 0 bridgehead atoms. The fourth-order valence-corrected chi connectivity index (χ4v) is 2.10. The first-order valence-electron chi connectivity index (χ1n) is 4.71. The number of sulfonamides is 1. The standard InChI is InChI=1S/C8H16N2O3S/c1-14(12,13)10-8(11)6-9-7-4-2-3-5-7/h7,9H,2-6H2,1H3,(H,10,11). The number of amides is 1. The molecule has 0 saturated heterocycles.